The SMILES string of the molecule is COC(=O)C1CS[C@@H]2CCC[C@H](N)C(=O)N12. The van der Waals surface area contributed by atoms with Crippen LogP contribution in [0.4, 0.5) is 0 Å². The number of esters is 1. The van der Waals surface area contributed by atoms with Gasteiger partial charge in [0, 0.05) is 5.75 Å². The molecule has 0 aliphatic carbocycles. The number of fused-ring (bicyclic) bond motifs is 1. The van der Waals surface area contributed by atoms with Crippen molar-refractivity contribution in [2.24, 2.45) is 5.73 Å². The Balaban J connectivity index is 2.20. The number of hydrogen-bond donors (Lipinski definition) is 1. The van der Waals surface area contributed by atoms with Crippen LogP contribution in [0.5, 0.6) is 0 Å². The molecule has 0 aromatic heterocycles. The zero-order valence-electron chi connectivity index (χ0n) is 9.22. The monoisotopic (exact) mass is 244 g/mol. The van der Waals surface area contributed by atoms with Crippen molar-refractivity contribution in [1.82, 2.24) is 4.90 Å². The van der Waals surface area contributed by atoms with E-state index in [0.29, 0.717) is 12.2 Å². The van der Waals surface area contributed by atoms with Crippen LogP contribution >= 0.6 is 11.8 Å². The average Bonchev–Trinajstić information content (AvgIpc) is 2.65. The number of rotatable bonds is 1. The summed E-state index contributed by atoms with van der Waals surface area (Å²) in [6, 6.07) is -0.910. The molecule has 2 aliphatic rings. The van der Waals surface area contributed by atoms with Gasteiger partial charge < -0.3 is 15.4 Å². The zero-order valence-corrected chi connectivity index (χ0v) is 10.0. The Hall–Kier alpha value is -0.750. The second-order valence-corrected chi connectivity index (χ2v) is 5.32. The summed E-state index contributed by atoms with van der Waals surface area (Å²) in [6.07, 6.45) is 2.56. The second-order valence-electron chi connectivity index (χ2n) is 4.11. The number of ether oxygens (including phenoxy) is 1. The zero-order chi connectivity index (χ0) is 11.7. The lowest BCUT2D eigenvalue weighted by molar-refractivity contribution is -0.151. The molecule has 0 aromatic rings. The molecule has 2 saturated heterocycles. The normalized spacial score (nSPS) is 34.5. The molecule has 0 aromatic carbocycles. The molecule has 90 valence electrons. The first-order chi connectivity index (χ1) is 7.65. The minimum atomic E-state index is -0.462. The molecule has 1 amide bonds. The maximum Gasteiger partial charge on any atom is 0.329 e. The molecular weight excluding hydrogens is 228 g/mol. The molecule has 0 radical (unpaired) electrons. The van der Waals surface area contributed by atoms with E-state index < -0.39 is 12.1 Å². The molecular formula is C10H16N2O3S. The van der Waals surface area contributed by atoms with Gasteiger partial charge in [-0.05, 0) is 19.3 Å². The minimum Gasteiger partial charge on any atom is -0.467 e. The van der Waals surface area contributed by atoms with Gasteiger partial charge in [0.1, 0.15) is 6.04 Å². The smallest absolute Gasteiger partial charge is 0.329 e. The van der Waals surface area contributed by atoms with Crippen molar-refractivity contribution in [2.75, 3.05) is 12.9 Å². The minimum absolute atomic E-state index is 0.102. The quantitative estimate of drug-likeness (QED) is 0.654. The summed E-state index contributed by atoms with van der Waals surface area (Å²) in [5, 5.41) is 0.102. The molecule has 5 nitrogen and oxygen atoms in total. The van der Waals surface area contributed by atoms with Gasteiger partial charge in [0.05, 0.1) is 18.5 Å². The molecule has 6 heteroatoms. The number of nitrogens with zero attached hydrogens (tertiary/aromatic N) is 1. The number of carbonyl (C=O) groups is 2. The van der Waals surface area contributed by atoms with Crippen LogP contribution in [0.15, 0.2) is 0 Å². The highest BCUT2D eigenvalue weighted by atomic mass is 32.2. The van der Waals surface area contributed by atoms with E-state index in [4.69, 9.17) is 10.5 Å². The highest BCUT2D eigenvalue weighted by Gasteiger charge is 2.44. The van der Waals surface area contributed by atoms with Gasteiger partial charge >= 0.3 is 5.97 Å². The molecule has 2 fully saturated rings. The van der Waals surface area contributed by atoms with E-state index in [1.165, 1.54) is 7.11 Å². The van der Waals surface area contributed by atoms with Gasteiger partial charge in [0.15, 0.2) is 0 Å². The third-order valence-corrected chi connectivity index (χ3v) is 4.46. The summed E-state index contributed by atoms with van der Waals surface area (Å²) >= 11 is 1.65. The molecule has 2 aliphatic heterocycles. The van der Waals surface area contributed by atoms with Gasteiger partial charge in [0.2, 0.25) is 5.91 Å². The predicted molar refractivity (Wildman–Crippen MR) is 60.7 cm³/mol. The molecule has 0 bridgehead atoms. The topological polar surface area (TPSA) is 72.6 Å². The van der Waals surface area contributed by atoms with Crippen LogP contribution in [0.25, 0.3) is 0 Å². The highest BCUT2D eigenvalue weighted by Crippen LogP contribution is 2.35. The third kappa shape index (κ3) is 1.91. The van der Waals surface area contributed by atoms with Gasteiger partial charge in [-0.3, -0.25) is 4.79 Å². The highest BCUT2D eigenvalue weighted by molar-refractivity contribution is 8.00. The first-order valence-corrected chi connectivity index (χ1v) is 6.47. The van der Waals surface area contributed by atoms with Crippen LogP contribution in [-0.4, -0.2) is 47.1 Å². The summed E-state index contributed by atoms with van der Waals surface area (Å²) in [5.74, 6) is 0.177. The summed E-state index contributed by atoms with van der Waals surface area (Å²) in [5.41, 5.74) is 5.79. The molecule has 2 rings (SSSR count). The van der Waals surface area contributed by atoms with Crippen molar-refractivity contribution in [1.29, 1.82) is 0 Å². The fourth-order valence-corrected chi connectivity index (χ4v) is 3.67. The first kappa shape index (κ1) is 11.7. The molecule has 2 N–H and O–H groups in total. The molecule has 1 unspecified atom stereocenters. The van der Waals surface area contributed by atoms with E-state index in [-0.39, 0.29) is 17.3 Å². The van der Waals surface area contributed by atoms with E-state index >= 15 is 0 Å². The fraction of sp³-hybridized carbons (Fsp3) is 0.800. The van der Waals surface area contributed by atoms with E-state index in [2.05, 4.69) is 0 Å². The number of thioether (sulfide) groups is 1. The first-order valence-electron chi connectivity index (χ1n) is 5.42. The van der Waals surface area contributed by atoms with E-state index in [0.717, 1.165) is 12.8 Å². The van der Waals surface area contributed by atoms with Gasteiger partial charge in [-0.15, -0.1) is 11.8 Å². The summed E-state index contributed by atoms with van der Waals surface area (Å²) in [6.45, 7) is 0. The van der Waals surface area contributed by atoms with Crippen LogP contribution in [0.3, 0.4) is 0 Å². The van der Waals surface area contributed by atoms with Crippen LogP contribution in [-0.2, 0) is 14.3 Å². The maximum atomic E-state index is 12.0. The average molecular weight is 244 g/mol. The second kappa shape index (κ2) is 4.63. The third-order valence-electron chi connectivity index (χ3n) is 3.10. The van der Waals surface area contributed by atoms with Gasteiger partial charge in [-0.1, -0.05) is 0 Å². The van der Waals surface area contributed by atoms with Crippen LogP contribution in [0, 0.1) is 0 Å². The molecule has 0 spiro atoms. The Labute approximate surface area is 98.7 Å². The standard InChI is InChI=1S/C10H16N2O3S/c1-15-10(14)7-5-16-8-4-2-3-6(11)9(13)12(7)8/h6-8H,2-5,11H2,1H3/t6-,7?,8+/m0/s1. The van der Waals surface area contributed by atoms with Gasteiger partial charge in [-0.2, -0.15) is 0 Å². The Morgan fingerprint density at radius 3 is 3.00 bits per heavy atom. The van der Waals surface area contributed by atoms with Gasteiger partial charge in [0.25, 0.3) is 0 Å². The number of methoxy groups -OCH3 is 1. The number of hydrogen-bond acceptors (Lipinski definition) is 5. The lowest BCUT2D eigenvalue weighted by atomic mass is 10.1. The van der Waals surface area contributed by atoms with Crippen LogP contribution < -0.4 is 5.73 Å². The molecule has 0 saturated carbocycles. The van der Waals surface area contributed by atoms with Crippen molar-refractivity contribution < 1.29 is 14.3 Å². The van der Waals surface area contributed by atoms with Crippen molar-refractivity contribution in [2.45, 2.75) is 36.7 Å². The van der Waals surface area contributed by atoms with Crippen molar-refractivity contribution in [3.63, 3.8) is 0 Å². The van der Waals surface area contributed by atoms with Gasteiger partial charge in [-0.25, -0.2) is 4.79 Å². The lowest BCUT2D eigenvalue weighted by Crippen LogP contribution is -2.50. The maximum absolute atomic E-state index is 12.0. The Bertz CT molecular complexity index is 310. The van der Waals surface area contributed by atoms with Crippen molar-refractivity contribution >= 4 is 23.6 Å². The van der Waals surface area contributed by atoms with Crippen LogP contribution in [0.2, 0.25) is 0 Å². The van der Waals surface area contributed by atoms with Crippen molar-refractivity contribution in [3.05, 3.63) is 0 Å². The number of nitrogens with two attached hydrogens (primary N) is 1. The molecule has 3 atom stereocenters. The van der Waals surface area contributed by atoms with Crippen LogP contribution in [0.1, 0.15) is 19.3 Å². The predicted octanol–water partition coefficient (Wildman–Crippen LogP) is -0.0593. The van der Waals surface area contributed by atoms with E-state index in [9.17, 15) is 9.59 Å². The molecule has 2 heterocycles. The number of amides is 1. The Morgan fingerprint density at radius 1 is 1.56 bits per heavy atom. The lowest BCUT2D eigenvalue weighted by Gasteiger charge is -2.27. The van der Waals surface area contributed by atoms with E-state index in [1.54, 1.807) is 16.7 Å². The largest absolute Gasteiger partial charge is 0.467 e. The van der Waals surface area contributed by atoms with Crippen molar-refractivity contribution in [3.8, 4) is 0 Å². The summed E-state index contributed by atoms with van der Waals surface area (Å²) in [7, 11) is 1.35. The van der Waals surface area contributed by atoms with E-state index in [1.807, 2.05) is 0 Å². The Kier molecular flexibility index (Phi) is 3.39. The Morgan fingerprint density at radius 2 is 2.31 bits per heavy atom. The summed E-state index contributed by atoms with van der Waals surface area (Å²) < 4.78 is 4.72. The summed E-state index contributed by atoms with van der Waals surface area (Å²) in [4.78, 5) is 25.2. The molecule has 16 heavy (non-hydrogen) atoms. The fourth-order valence-electron chi connectivity index (χ4n) is 2.23. The number of carbonyl (C=O) groups excluding carboxylic acids is 2.